The first-order valence-corrected chi connectivity index (χ1v) is 10.0. The molecule has 0 unspecified atom stereocenters. The molecule has 7 heteroatoms. The lowest BCUT2D eigenvalue weighted by Gasteiger charge is -2.10. The highest BCUT2D eigenvalue weighted by Crippen LogP contribution is 2.30. The molecule has 1 N–H and O–H groups in total. The van der Waals surface area contributed by atoms with Gasteiger partial charge in [-0.2, -0.15) is 5.26 Å². The van der Waals surface area contributed by atoms with E-state index in [0.717, 1.165) is 5.56 Å². The van der Waals surface area contributed by atoms with Crippen LogP contribution in [-0.4, -0.2) is 26.1 Å². The Kier molecular flexibility index (Phi) is 7.81. The van der Waals surface area contributed by atoms with Crippen molar-refractivity contribution in [2.45, 2.75) is 6.54 Å². The summed E-state index contributed by atoms with van der Waals surface area (Å²) >= 11 is 0. The number of carbonyl (C=O) groups is 2. The molecular formula is C26H22N2O5. The van der Waals surface area contributed by atoms with Crippen LogP contribution < -0.4 is 19.5 Å². The summed E-state index contributed by atoms with van der Waals surface area (Å²) in [5.41, 5.74) is 1.76. The normalized spacial score (nSPS) is 10.6. The first kappa shape index (κ1) is 23.1. The quantitative estimate of drug-likeness (QED) is 0.244. The second-order valence-electron chi connectivity index (χ2n) is 6.87. The number of methoxy groups -OCH3 is 2. The van der Waals surface area contributed by atoms with Crippen LogP contribution in [0.5, 0.6) is 17.2 Å². The predicted molar refractivity (Wildman–Crippen MR) is 123 cm³/mol. The third kappa shape index (κ3) is 6.21. The van der Waals surface area contributed by atoms with Crippen molar-refractivity contribution in [2.24, 2.45) is 0 Å². The van der Waals surface area contributed by atoms with Gasteiger partial charge in [0.25, 0.3) is 5.91 Å². The van der Waals surface area contributed by atoms with Crippen LogP contribution >= 0.6 is 0 Å². The molecule has 33 heavy (non-hydrogen) atoms. The van der Waals surface area contributed by atoms with Gasteiger partial charge in [-0.3, -0.25) is 4.79 Å². The van der Waals surface area contributed by atoms with Crippen LogP contribution in [0.25, 0.3) is 6.08 Å². The van der Waals surface area contributed by atoms with Crippen molar-refractivity contribution in [3.05, 3.63) is 95.1 Å². The van der Waals surface area contributed by atoms with Crippen molar-refractivity contribution in [1.82, 2.24) is 5.32 Å². The summed E-state index contributed by atoms with van der Waals surface area (Å²) in [7, 11) is 2.98. The Morgan fingerprint density at radius 2 is 1.67 bits per heavy atom. The average Bonchev–Trinajstić information content (AvgIpc) is 2.87. The van der Waals surface area contributed by atoms with Crippen molar-refractivity contribution in [3.63, 3.8) is 0 Å². The molecule has 3 aromatic carbocycles. The summed E-state index contributed by atoms with van der Waals surface area (Å²) in [6.45, 7) is 0.308. The molecule has 0 aromatic heterocycles. The first-order valence-electron chi connectivity index (χ1n) is 10.0. The van der Waals surface area contributed by atoms with E-state index in [0.29, 0.717) is 23.4 Å². The maximum Gasteiger partial charge on any atom is 0.343 e. The fourth-order valence-corrected chi connectivity index (χ4v) is 2.93. The molecule has 7 nitrogen and oxygen atoms in total. The molecule has 0 aliphatic rings. The van der Waals surface area contributed by atoms with Gasteiger partial charge in [-0.15, -0.1) is 0 Å². The maximum absolute atomic E-state index is 12.4. The molecule has 0 spiro atoms. The summed E-state index contributed by atoms with van der Waals surface area (Å²) < 4.78 is 15.9. The number of carbonyl (C=O) groups excluding carboxylic acids is 2. The largest absolute Gasteiger partial charge is 0.497 e. The molecule has 166 valence electrons. The van der Waals surface area contributed by atoms with Crippen LogP contribution in [0.1, 0.15) is 21.5 Å². The van der Waals surface area contributed by atoms with Crippen molar-refractivity contribution in [2.75, 3.05) is 14.2 Å². The average molecular weight is 442 g/mol. The van der Waals surface area contributed by atoms with E-state index in [-0.39, 0.29) is 17.1 Å². The van der Waals surface area contributed by atoms with E-state index < -0.39 is 11.9 Å². The van der Waals surface area contributed by atoms with Gasteiger partial charge in [0, 0.05) is 6.54 Å². The van der Waals surface area contributed by atoms with Crippen molar-refractivity contribution < 1.29 is 23.8 Å². The molecule has 3 rings (SSSR count). The van der Waals surface area contributed by atoms with Crippen molar-refractivity contribution in [3.8, 4) is 23.3 Å². The molecule has 0 radical (unpaired) electrons. The Bertz CT molecular complexity index is 1200. The molecular weight excluding hydrogens is 420 g/mol. The van der Waals surface area contributed by atoms with E-state index >= 15 is 0 Å². The Morgan fingerprint density at radius 3 is 2.30 bits per heavy atom. The Morgan fingerprint density at radius 1 is 0.939 bits per heavy atom. The number of nitrogens with one attached hydrogen (secondary N) is 1. The lowest BCUT2D eigenvalue weighted by atomic mass is 10.1. The predicted octanol–water partition coefficient (Wildman–Crippen LogP) is 4.15. The van der Waals surface area contributed by atoms with Crippen LogP contribution in [0.4, 0.5) is 0 Å². The first-order chi connectivity index (χ1) is 16.0. The number of esters is 1. The van der Waals surface area contributed by atoms with Gasteiger partial charge in [-0.25, -0.2) is 4.79 Å². The number of ether oxygens (including phenoxy) is 3. The zero-order chi connectivity index (χ0) is 23.6. The summed E-state index contributed by atoms with van der Waals surface area (Å²) in [6, 6.07) is 22.6. The minimum absolute atomic E-state index is 0.0593. The summed E-state index contributed by atoms with van der Waals surface area (Å²) in [5.74, 6) is 0.0732. The monoisotopic (exact) mass is 442 g/mol. The summed E-state index contributed by atoms with van der Waals surface area (Å²) in [6.07, 6.45) is 1.44. The number of nitrogens with zero attached hydrogens (tertiary/aromatic N) is 1. The van der Waals surface area contributed by atoms with E-state index in [9.17, 15) is 14.9 Å². The molecule has 0 saturated carbocycles. The number of rotatable bonds is 8. The van der Waals surface area contributed by atoms with E-state index in [1.807, 2.05) is 36.4 Å². The SMILES string of the molecule is COc1ccc(C(=O)Oc2ccc(/C=C(\C#N)C(=O)NCc3ccccc3)cc2OC)cc1. The van der Waals surface area contributed by atoms with Crippen molar-refractivity contribution >= 4 is 18.0 Å². The number of hydrogen-bond donors (Lipinski definition) is 1. The number of benzene rings is 3. The summed E-state index contributed by atoms with van der Waals surface area (Å²) in [5, 5.41) is 12.2. The Labute approximate surface area is 191 Å². The minimum Gasteiger partial charge on any atom is -0.497 e. The fraction of sp³-hybridized carbons (Fsp3) is 0.115. The molecule has 3 aromatic rings. The van der Waals surface area contributed by atoms with Crippen LogP contribution in [-0.2, 0) is 11.3 Å². The molecule has 0 bridgehead atoms. The van der Waals surface area contributed by atoms with Gasteiger partial charge in [0.1, 0.15) is 17.4 Å². The molecule has 1 amide bonds. The third-order valence-electron chi connectivity index (χ3n) is 4.69. The Balaban J connectivity index is 1.72. The van der Waals surface area contributed by atoms with Crippen LogP contribution in [0, 0.1) is 11.3 Å². The van der Waals surface area contributed by atoms with Gasteiger partial charge in [0.15, 0.2) is 11.5 Å². The van der Waals surface area contributed by atoms with E-state index in [1.165, 1.54) is 13.2 Å². The van der Waals surface area contributed by atoms with Gasteiger partial charge in [-0.1, -0.05) is 36.4 Å². The standard InChI is InChI=1S/C26H22N2O5/c1-31-22-11-9-20(10-12-22)26(30)33-23-13-8-19(15-24(23)32-2)14-21(16-27)25(29)28-17-18-6-4-3-5-7-18/h3-15H,17H2,1-2H3,(H,28,29)/b21-14+. The lowest BCUT2D eigenvalue weighted by Crippen LogP contribution is -2.23. The molecule has 0 aliphatic heterocycles. The molecule has 0 atom stereocenters. The van der Waals surface area contributed by atoms with Crippen LogP contribution in [0.15, 0.2) is 78.4 Å². The van der Waals surface area contributed by atoms with Gasteiger partial charge in [0.2, 0.25) is 0 Å². The molecule has 0 heterocycles. The topological polar surface area (TPSA) is 97.7 Å². The smallest absolute Gasteiger partial charge is 0.343 e. The van der Waals surface area contributed by atoms with Crippen molar-refractivity contribution in [1.29, 1.82) is 5.26 Å². The van der Waals surface area contributed by atoms with Gasteiger partial charge in [-0.05, 0) is 53.6 Å². The maximum atomic E-state index is 12.4. The lowest BCUT2D eigenvalue weighted by molar-refractivity contribution is -0.117. The highest BCUT2D eigenvalue weighted by atomic mass is 16.6. The number of nitriles is 1. The highest BCUT2D eigenvalue weighted by molar-refractivity contribution is 6.01. The second-order valence-corrected chi connectivity index (χ2v) is 6.87. The number of hydrogen-bond acceptors (Lipinski definition) is 6. The zero-order valence-electron chi connectivity index (χ0n) is 18.2. The van der Waals surface area contributed by atoms with E-state index in [1.54, 1.807) is 49.6 Å². The van der Waals surface area contributed by atoms with Gasteiger partial charge in [0.05, 0.1) is 19.8 Å². The Hall–Kier alpha value is -4.57. The fourth-order valence-electron chi connectivity index (χ4n) is 2.93. The van der Waals surface area contributed by atoms with Gasteiger partial charge < -0.3 is 19.5 Å². The van der Waals surface area contributed by atoms with Gasteiger partial charge >= 0.3 is 5.97 Å². The zero-order valence-corrected chi connectivity index (χ0v) is 18.2. The molecule has 0 fully saturated rings. The molecule has 0 aliphatic carbocycles. The van der Waals surface area contributed by atoms with E-state index in [2.05, 4.69) is 5.32 Å². The second kappa shape index (κ2) is 11.2. The molecule has 0 saturated heterocycles. The number of amides is 1. The van der Waals surface area contributed by atoms with E-state index in [4.69, 9.17) is 14.2 Å². The third-order valence-corrected chi connectivity index (χ3v) is 4.69. The summed E-state index contributed by atoms with van der Waals surface area (Å²) in [4.78, 5) is 24.9. The minimum atomic E-state index is -0.558. The van der Waals surface area contributed by atoms with Crippen LogP contribution in [0.3, 0.4) is 0 Å². The van der Waals surface area contributed by atoms with Crippen LogP contribution in [0.2, 0.25) is 0 Å². The highest BCUT2D eigenvalue weighted by Gasteiger charge is 2.14.